The van der Waals surface area contributed by atoms with Crippen molar-refractivity contribution in [2.45, 2.75) is 56.5 Å². The van der Waals surface area contributed by atoms with Crippen LogP contribution in [-0.2, 0) is 5.41 Å². The first-order chi connectivity index (χ1) is 12.3. The molecule has 1 saturated heterocycles. The number of benzene rings is 1. The predicted molar refractivity (Wildman–Crippen MR) is 97.3 cm³/mol. The van der Waals surface area contributed by atoms with E-state index in [1.165, 1.54) is 70.1 Å². The van der Waals surface area contributed by atoms with Gasteiger partial charge in [0, 0.05) is 24.1 Å². The number of rotatable bonds is 3. The summed E-state index contributed by atoms with van der Waals surface area (Å²) in [4.78, 5) is 2.81. The monoisotopic (exact) mass is 339 g/mol. The molecule has 2 aliphatic heterocycles. The quantitative estimate of drug-likeness (QED) is 0.831. The maximum absolute atomic E-state index is 6.71. The average Bonchev–Trinajstić information content (AvgIpc) is 3.39. The van der Waals surface area contributed by atoms with Crippen molar-refractivity contribution in [2.75, 3.05) is 26.7 Å². The number of nitrogens with zero attached hydrogens (tertiary/aromatic N) is 1. The first-order valence-electron chi connectivity index (χ1n) is 10.3. The van der Waals surface area contributed by atoms with Crippen LogP contribution in [0.15, 0.2) is 18.2 Å². The van der Waals surface area contributed by atoms with Gasteiger partial charge in [0.05, 0.1) is 7.11 Å². The van der Waals surface area contributed by atoms with Crippen LogP contribution in [0, 0.1) is 17.3 Å². The van der Waals surface area contributed by atoms with Crippen LogP contribution in [-0.4, -0.2) is 37.7 Å². The fourth-order valence-corrected chi connectivity index (χ4v) is 7.06. The highest BCUT2D eigenvalue weighted by molar-refractivity contribution is 5.56. The van der Waals surface area contributed by atoms with Gasteiger partial charge in [0.1, 0.15) is 6.10 Å². The first kappa shape index (κ1) is 14.9. The van der Waals surface area contributed by atoms with Gasteiger partial charge in [-0.05, 0) is 74.8 Å². The topological polar surface area (TPSA) is 21.7 Å². The summed E-state index contributed by atoms with van der Waals surface area (Å²) in [5.41, 5.74) is 2.15. The van der Waals surface area contributed by atoms with Gasteiger partial charge in [-0.25, -0.2) is 0 Å². The fourth-order valence-electron chi connectivity index (χ4n) is 7.06. The number of piperidine rings is 1. The maximum Gasteiger partial charge on any atom is 0.165 e. The SMILES string of the molecule is COc1cccc2c1OC1C3CCC4(CC3)CN(CC3CC3)CCC214. The second-order valence-electron chi connectivity index (χ2n) is 9.39. The fraction of sp³-hybridized carbons (Fsp3) is 0.727. The molecule has 134 valence electrons. The van der Waals surface area contributed by atoms with Gasteiger partial charge in [-0.2, -0.15) is 0 Å². The number of hydrogen-bond donors (Lipinski definition) is 0. The van der Waals surface area contributed by atoms with E-state index in [-0.39, 0.29) is 5.41 Å². The number of para-hydroxylation sites is 1. The third-order valence-electron chi connectivity index (χ3n) is 8.33. The molecule has 3 nitrogen and oxygen atoms in total. The van der Waals surface area contributed by atoms with Gasteiger partial charge < -0.3 is 14.4 Å². The van der Waals surface area contributed by atoms with Gasteiger partial charge in [-0.3, -0.25) is 0 Å². The van der Waals surface area contributed by atoms with E-state index in [9.17, 15) is 0 Å². The molecule has 2 spiro atoms. The minimum atomic E-state index is 0.248. The van der Waals surface area contributed by atoms with E-state index >= 15 is 0 Å². The van der Waals surface area contributed by atoms with Crippen LogP contribution >= 0.6 is 0 Å². The summed E-state index contributed by atoms with van der Waals surface area (Å²) in [6, 6.07) is 6.62. The van der Waals surface area contributed by atoms with Crippen LogP contribution in [0.1, 0.15) is 50.5 Å². The van der Waals surface area contributed by atoms with Crippen molar-refractivity contribution in [3.05, 3.63) is 23.8 Å². The van der Waals surface area contributed by atoms with Crippen molar-refractivity contribution in [3.63, 3.8) is 0 Å². The molecule has 2 heterocycles. The van der Waals surface area contributed by atoms with Crippen LogP contribution in [0.2, 0.25) is 0 Å². The highest BCUT2D eigenvalue weighted by Crippen LogP contribution is 2.70. The van der Waals surface area contributed by atoms with Crippen molar-refractivity contribution < 1.29 is 9.47 Å². The lowest BCUT2D eigenvalue weighted by Crippen LogP contribution is -2.68. The summed E-state index contributed by atoms with van der Waals surface area (Å²) < 4.78 is 12.4. The molecule has 7 rings (SSSR count). The molecule has 5 fully saturated rings. The van der Waals surface area contributed by atoms with E-state index in [1.54, 1.807) is 7.11 Å². The molecule has 1 aromatic carbocycles. The molecule has 2 unspecified atom stereocenters. The molecular formula is C22H29NO2. The smallest absolute Gasteiger partial charge is 0.165 e. The van der Waals surface area contributed by atoms with Gasteiger partial charge in [0.25, 0.3) is 0 Å². The number of fused-ring (bicyclic) bond motifs is 3. The van der Waals surface area contributed by atoms with Crippen molar-refractivity contribution in [2.24, 2.45) is 17.3 Å². The molecule has 0 amide bonds. The van der Waals surface area contributed by atoms with E-state index < -0.39 is 0 Å². The Bertz CT molecular complexity index is 704. The van der Waals surface area contributed by atoms with E-state index in [0.717, 1.165) is 23.3 Å². The largest absolute Gasteiger partial charge is 0.493 e. The third kappa shape index (κ3) is 1.81. The molecule has 6 aliphatic rings. The number of likely N-dealkylation sites (tertiary alicyclic amines) is 1. The summed E-state index contributed by atoms with van der Waals surface area (Å²) in [5, 5.41) is 0. The molecule has 0 N–H and O–H groups in total. The highest BCUT2D eigenvalue weighted by atomic mass is 16.5. The Morgan fingerprint density at radius 3 is 2.76 bits per heavy atom. The number of ether oxygens (including phenoxy) is 2. The Labute approximate surface area is 150 Å². The Balaban J connectivity index is 1.47. The van der Waals surface area contributed by atoms with E-state index in [2.05, 4.69) is 23.1 Å². The van der Waals surface area contributed by atoms with E-state index in [1.807, 2.05) is 0 Å². The van der Waals surface area contributed by atoms with Crippen molar-refractivity contribution in [3.8, 4) is 11.5 Å². The lowest BCUT2D eigenvalue weighted by molar-refractivity contribution is -0.144. The Kier molecular flexibility index (Phi) is 2.94. The van der Waals surface area contributed by atoms with Gasteiger partial charge in [-0.15, -0.1) is 0 Å². The molecule has 3 heteroatoms. The van der Waals surface area contributed by atoms with Crippen LogP contribution in [0.3, 0.4) is 0 Å². The van der Waals surface area contributed by atoms with Crippen LogP contribution < -0.4 is 9.47 Å². The minimum Gasteiger partial charge on any atom is -0.493 e. The van der Waals surface area contributed by atoms with Gasteiger partial charge in [-0.1, -0.05) is 12.1 Å². The molecule has 2 atom stereocenters. The Hall–Kier alpha value is -1.22. The number of methoxy groups -OCH3 is 1. The molecule has 0 aromatic heterocycles. The summed E-state index contributed by atoms with van der Waals surface area (Å²) in [6.07, 6.45) is 10.1. The average molecular weight is 339 g/mol. The molecule has 1 aromatic rings. The molecule has 25 heavy (non-hydrogen) atoms. The Morgan fingerprint density at radius 1 is 1.16 bits per heavy atom. The lowest BCUT2D eigenvalue weighted by Gasteiger charge is -2.65. The van der Waals surface area contributed by atoms with Crippen molar-refractivity contribution in [1.29, 1.82) is 0 Å². The third-order valence-corrected chi connectivity index (χ3v) is 8.33. The number of hydrogen-bond acceptors (Lipinski definition) is 3. The highest BCUT2D eigenvalue weighted by Gasteiger charge is 2.69. The van der Waals surface area contributed by atoms with Gasteiger partial charge in [0.15, 0.2) is 11.5 Å². The van der Waals surface area contributed by atoms with Gasteiger partial charge >= 0.3 is 0 Å². The molecule has 4 saturated carbocycles. The zero-order valence-corrected chi connectivity index (χ0v) is 15.3. The van der Waals surface area contributed by atoms with Crippen molar-refractivity contribution in [1.82, 2.24) is 4.90 Å². The molecule has 2 bridgehead atoms. The maximum atomic E-state index is 6.71. The molecule has 4 aliphatic carbocycles. The first-order valence-corrected chi connectivity index (χ1v) is 10.3. The van der Waals surface area contributed by atoms with E-state index in [4.69, 9.17) is 9.47 Å². The summed E-state index contributed by atoms with van der Waals surface area (Å²) in [5.74, 6) is 3.75. The lowest BCUT2D eigenvalue weighted by atomic mass is 9.42. The summed E-state index contributed by atoms with van der Waals surface area (Å²) in [6.45, 7) is 3.89. The van der Waals surface area contributed by atoms with Crippen molar-refractivity contribution >= 4 is 0 Å². The predicted octanol–water partition coefficient (Wildman–Crippen LogP) is 4.00. The Morgan fingerprint density at radius 2 is 2.00 bits per heavy atom. The zero-order valence-electron chi connectivity index (χ0n) is 15.3. The standard InChI is InChI=1S/C22H29NO2/c1-24-18-4-2-3-17-19(18)25-20-16-7-9-21(10-8-16)14-23(13-15-5-6-15)12-11-22(17,20)21/h2-4,15-16,20H,5-14H2,1H3. The van der Waals surface area contributed by atoms with Crippen LogP contribution in [0.5, 0.6) is 11.5 Å². The normalized spacial score (nSPS) is 41.6. The summed E-state index contributed by atoms with van der Waals surface area (Å²) >= 11 is 0. The molecular weight excluding hydrogens is 310 g/mol. The molecule has 0 radical (unpaired) electrons. The summed E-state index contributed by atoms with van der Waals surface area (Å²) in [7, 11) is 1.78. The minimum absolute atomic E-state index is 0.248. The zero-order chi connectivity index (χ0) is 16.6. The van der Waals surface area contributed by atoms with Crippen LogP contribution in [0.25, 0.3) is 0 Å². The van der Waals surface area contributed by atoms with E-state index in [0.29, 0.717) is 11.5 Å². The van der Waals surface area contributed by atoms with Gasteiger partial charge in [0.2, 0.25) is 0 Å². The van der Waals surface area contributed by atoms with Crippen LogP contribution in [0.4, 0.5) is 0 Å². The second kappa shape index (κ2) is 4.94. The second-order valence-corrected chi connectivity index (χ2v) is 9.39.